The van der Waals surface area contributed by atoms with Gasteiger partial charge in [-0.2, -0.15) is 26.3 Å². The summed E-state index contributed by atoms with van der Waals surface area (Å²) in [5, 5.41) is 9.75. The number of nitrogen functional groups attached to an aromatic ring is 1. The fraction of sp³-hybridized carbons (Fsp3) is 0.0526. The van der Waals surface area contributed by atoms with Crippen molar-refractivity contribution in [2.45, 2.75) is 22.1 Å². The largest absolute Gasteiger partial charge is 0.417 e. The molecule has 0 saturated carbocycles. The molecule has 0 atom stereocenters. The van der Waals surface area contributed by atoms with E-state index in [-0.39, 0.29) is 38.2 Å². The van der Waals surface area contributed by atoms with Crippen LogP contribution in [0.15, 0.2) is 119 Å². The Hall–Kier alpha value is -6.04. The number of nitrogens with zero attached hydrogens (tertiary/aromatic N) is 3. The molecule has 26 heteroatoms. The monoisotopic (exact) mass is 1010 g/mol. The third-order valence-corrected chi connectivity index (χ3v) is 12.1. The molecule has 0 saturated heterocycles. The Bertz CT molecular complexity index is 3070. The molecule has 6 aromatic rings. The van der Waals surface area contributed by atoms with E-state index in [1.807, 2.05) is 4.72 Å². The van der Waals surface area contributed by atoms with Gasteiger partial charge in [0, 0.05) is 29.7 Å². The highest BCUT2D eigenvalue weighted by molar-refractivity contribution is 7.93. The van der Waals surface area contributed by atoms with Crippen LogP contribution in [0.1, 0.15) is 43.2 Å². The van der Waals surface area contributed by atoms with Gasteiger partial charge < -0.3 is 5.73 Å². The van der Waals surface area contributed by atoms with Crippen molar-refractivity contribution in [2.24, 2.45) is 0 Å². The van der Waals surface area contributed by atoms with Crippen molar-refractivity contribution >= 4 is 101 Å². The third-order valence-electron chi connectivity index (χ3n) is 8.29. The first-order valence-corrected chi connectivity index (χ1v) is 21.5. The lowest BCUT2D eigenvalue weighted by Gasteiger charge is -2.14. The van der Waals surface area contributed by atoms with Crippen LogP contribution in [-0.2, 0) is 32.4 Å². The summed E-state index contributed by atoms with van der Waals surface area (Å²) in [5.74, 6) is -1.72. The fourth-order valence-corrected chi connectivity index (χ4v) is 8.30. The number of ketones is 2. The molecule has 0 fully saturated rings. The van der Waals surface area contributed by atoms with E-state index in [1.165, 1.54) is 24.3 Å². The Morgan fingerprint density at radius 2 is 1.00 bits per heavy atom. The maximum absolute atomic E-state index is 13.1. The smallest absolute Gasteiger partial charge is 0.398 e. The van der Waals surface area contributed by atoms with Gasteiger partial charge in [-0.15, -0.1) is 0 Å². The van der Waals surface area contributed by atoms with Crippen molar-refractivity contribution in [1.82, 2.24) is 9.97 Å². The number of halogens is 10. The lowest BCUT2D eigenvalue weighted by atomic mass is 10.0. The Morgan fingerprint density at radius 1 is 0.609 bits per heavy atom. The Balaban J connectivity index is 0.000000241. The summed E-state index contributed by atoms with van der Waals surface area (Å²) in [6.07, 6.45) is -7.67. The molecule has 0 radical (unpaired) electrons. The van der Waals surface area contributed by atoms with Crippen molar-refractivity contribution in [3.05, 3.63) is 173 Å². The summed E-state index contributed by atoms with van der Waals surface area (Å²) >= 11 is 22.8. The Labute approximate surface area is 377 Å². The summed E-state index contributed by atoms with van der Waals surface area (Å²) in [6.45, 7) is 0. The number of nitrogens with two attached hydrogens (primary N) is 1. The molecule has 0 unspecified atom stereocenters. The molecule has 0 aliphatic rings. The fourth-order valence-electron chi connectivity index (χ4n) is 5.36. The topological polar surface area (TPSA) is 221 Å². The van der Waals surface area contributed by atoms with Crippen LogP contribution in [0.5, 0.6) is 0 Å². The molecule has 2 aromatic heterocycles. The Morgan fingerprint density at radius 3 is 1.41 bits per heavy atom. The van der Waals surface area contributed by atoms with E-state index in [9.17, 15) is 62.9 Å². The molecule has 64 heavy (non-hydrogen) atoms. The van der Waals surface area contributed by atoms with Crippen LogP contribution >= 0.6 is 46.4 Å². The summed E-state index contributed by atoms with van der Waals surface area (Å²) < 4.78 is 134. The molecule has 6 rings (SSSR count). The predicted molar refractivity (Wildman–Crippen MR) is 224 cm³/mol. The molecule has 14 nitrogen and oxygen atoms in total. The summed E-state index contributed by atoms with van der Waals surface area (Å²) in [7, 11) is -9.26. The predicted octanol–water partition coefficient (Wildman–Crippen LogP) is 10.4. The van der Waals surface area contributed by atoms with E-state index in [1.54, 1.807) is 12.1 Å². The van der Waals surface area contributed by atoms with Gasteiger partial charge in [-0.1, -0.05) is 70.7 Å². The van der Waals surface area contributed by atoms with E-state index >= 15 is 0 Å². The van der Waals surface area contributed by atoms with Gasteiger partial charge in [-0.25, -0.2) is 26.8 Å². The quantitative estimate of drug-likeness (QED) is 0.0364. The van der Waals surface area contributed by atoms with E-state index in [4.69, 9.17) is 52.1 Å². The summed E-state index contributed by atoms with van der Waals surface area (Å²) in [5.41, 5.74) is 0.627. The standard InChI is InChI=1S/C19H10Cl2F3N3O5S.C19H12Cl2F3N3O3S/c20-10-7-15(17(25-9-10)18(28)12-3-1-2-4-16(12)27(29)30)26-33(31,32)11-5-6-14(21)13(8-11)19(22,23)24;20-10-7-16(17(26-9-10)18(28)12-3-1-2-4-15(12)25)27-31(29,30)11-5-6-14(21)13(8-11)19(22,23)24/h1-9,26H;1-9,27H,25H2. The highest BCUT2D eigenvalue weighted by atomic mass is 35.5. The lowest BCUT2D eigenvalue weighted by Crippen LogP contribution is -2.18. The molecule has 4 N–H and O–H groups in total. The maximum atomic E-state index is 13.1. The molecular formula is C38H22Cl4F6N6O8S2. The van der Waals surface area contributed by atoms with Crippen LogP contribution in [0.25, 0.3) is 0 Å². The van der Waals surface area contributed by atoms with Crippen LogP contribution in [0.4, 0.5) is 49.1 Å². The van der Waals surface area contributed by atoms with Gasteiger partial charge in [0.15, 0.2) is 0 Å². The van der Waals surface area contributed by atoms with Crippen LogP contribution in [0.3, 0.4) is 0 Å². The number of carbonyl (C=O) groups excluding carboxylic acids is 2. The molecule has 0 aliphatic heterocycles. The zero-order valence-corrected chi connectivity index (χ0v) is 35.8. The van der Waals surface area contributed by atoms with Crippen molar-refractivity contribution in [3.8, 4) is 0 Å². The Kier molecular flexibility index (Phi) is 14.5. The number of alkyl halides is 6. The van der Waals surface area contributed by atoms with Crippen molar-refractivity contribution in [2.75, 3.05) is 15.2 Å². The van der Waals surface area contributed by atoms with Crippen molar-refractivity contribution in [3.63, 3.8) is 0 Å². The van der Waals surface area contributed by atoms with Crippen LogP contribution in [0, 0.1) is 10.1 Å². The number of nitro benzene ring substituents is 1. The molecule has 0 spiro atoms. The van der Waals surface area contributed by atoms with E-state index < -0.39 is 96.9 Å². The first-order chi connectivity index (χ1) is 29.7. The maximum Gasteiger partial charge on any atom is 0.417 e. The molecule has 4 aromatic carbocycles. The van der Waals surface area contributed by atoms with E-state index in [2.05, 4.69) is 14.7 Å². The zero-order chi connectivity index (χ0) is 47.5. The van der Waals surface area contributed by atoms with Gasteiger partial charge in [-0.3, -0.25) is 29.1 Å². The number of aromatic nitrogens is 2. The SMILES string of the molecule is Nc1ccccc1C(=O)c1ncc(Cl)cc1NS(=O)(=O)c1ccc(Cl)c(C(F)(F)F)c1.O=C(c1ccccc1[N+](=O)[O-])c1ncc(Cl)cc1NS(=O)(=O)c1ccc(Cl)c(C(F)(F)F)c1. The number of rotatable bonds is 11. The molecule has 334 valence electrons. The van der Waals surface area contributed by atoms with Gasteiger partial charge in [-0.05, 0) is 66.7 Å². The number of nitro groups is 1. The highest BCUT2D eigenvalue weighted by Gasteiger charge is 2.36. The molecule has 2 heterocycles. The molecule has 0 bridgehead atoms. The van der Waals surface area contributed by atoms with Crippen LogP contribution in [0.2, 0.25) is 20.1 Å². The second-order valence-electron chi connectivity index (χ2n) is 12.6. The number of carbonyl (C=O) groups is 2. The number of pyridine rings is 2. The van der Waals surface area contributed by atoms with Gasteiger partial charge in [0.1, 0.15) is 17.0 Å². The van der Waals surface area contributed by atoms with Crippen molar-refractivity contribution < 1.29 is 57.7 Å². The first-order valence-electron chi connectivity index (χ1n) is 17.0. The minimum absolute atomic E-state index is 0.0117. The minimum atomic E-state index is -4.92. The summed E-state index contributed by atoms with van der Waals surface area (Å²) in [4.78, 5) is 42.4. The number of sulfonamides is 2. The van der Waals surface area contributed by atoms with Gasteiger partial charge >= 0.3 is 12.4 Å². The first kappa shape index (κ1) is 49.0. The van der Waals surface area contributed by atoms with Gasteiger partial charge in [0.2, 0.25) is 11.6 Å². The molecule has 0 aliphatic carbocycles. The van der Waals surface area contributed by atoms with Crippen molar-refractivity contribution in [1.29, 1.82) is 0 Å². The van der Waals surface area contributed by atoms with E-state index in [0.29, 0.717) is 12.1 Å². The van der Waals surface area contributed by atoms with Crippen LogP contribution in [-0.4, -0.2) is 43.3 Å². The number of nitrogens with one attached hydrogen (secondary N) is 2. The highest BCUT2D eigenvalue weighted by Crippen LogP contribution is 2.38. The zero-order valence-electron chi connectivity index (χ0n) is 31.2. The number of hydrogen-bond donors (Lipinski definition) is 3. The minimum Gasteiger partial charge on any atom is -0.398 e. The van der Waals surface area contributed by atoms with E-state index in [0.717, 1.165) is 60.9 Å². The number of anilines is 3. The average molecular weight is 1010 g/mol. The van der Waals surface area contributed by atoms with Gasteiger partial charge in [0.05, 0.1) is 57.3 Å². The van der Waals surface area contributed by atoms with Crippen LogP contribution < -0.4 is 15.2 Å². The normalized spacial score (nSPS) is 11.8. The number of benzene rings is 4. The second-order valence-corrected chi connectivity index (χ2v) is 17.7. The lowest BCUT2D eigenvalue weighted by molar-refractivity contribution is -0.385. The molecular weight excluding hydrogens is 988 g/mol. The second kappa shape index (κ2) is 19.0. The average Bonchev–Trinajstić information content (AvgIpc) is 3.20. The number of para-hydroxylation sites is 2. The number of hydrogen-bond acceptors (Lipinski definition) is 11. The van der Waals surface area contributed by atoms with Gasteiger partial charge in [0.25, 0.3) is 25.7 Å². The summed E-state index contributed by atoms with van der Waals surface area (Å²) in [6, 6.07) is 17.1. The molecule has 0 amide bonds. The third kappa shape index (κ3) is 11.4.